The monoisotopic (exact) mass is 291 g/mol. The molecule has 2 N–H and O–H groups in total. The van der Waals surface area contributed by atoms with E-state index in [0.717, 1.165) is 0 Å². The Labute approximate surface area is 122 Å². The van der Waals surface area contributed by atoms with Crippen LogP contribution in [0.4, 0.5) is 16.2 Å². The summed E-state index contributed by atoms with van der Waals surface area (Å²) in [5, 5.41) is 13.8. The van der Waals surface area contributed by atoms with Crippen molar-refractivity contribution in [3.05, 3.63) is 41.8 Å². The number of methoxy groups -OCH3 is 1. The van der Waals surface area contributed by atoms with Gasteiger partial charge in [-0.2, -0.15) is 10.1 Å². The van der Waals surface area contributed by atoms with Gasteiger partial charge in [0, 0.05) is 20.2 Å². The zero-order chi connectivity index (χ0) is 14.9. The fourth-order valence-electron chi connectivity index (χ4n) is 1.75. The van der Waals surface area contributed by atoms with Crippen LogP contribution in [0.1, 0.15) is 5.56 Å². The SMILES string of the molecule is COCCNc1cnnc(NCCc2ccccc2F)n1. The van der Waals surface area contributed by atoms with Crippen molar-refractivity contribution in [3.8, 4) is 0 Å². The van der Waals surface area contributed by atoms with Gasteiger partial charge in [-0.05, 0) is 18.1 Å². The number of hydrogen-bond donors (Lipinski definition) is 2. The van der Waals surface area contributed by atoms with Crippen LogP contribution >= 0.6 is 0 Å². The first kappa shape index (κ1) is 15.1. The average Bonchev–Trinajstić information content (AvgIpc) is 2.50. The van der Waals surface area contributed by atoms with E-state index in [1.165, 1.54) is 12.3 Å². The van der Waals surface area contributed by atoms with Crippen molar-refractivity contribution in [2.75, 3.05) is 37.4 Å². The number of hydrogen-bond acceptors (Lipinski definition) is 6. The Kier molecular flexibility index (Phi) is 5.83. The third-order valence-electron chi connectivity index (χ3n) is 2.81. The molecule has 0 fully saturated rings. The first-order valence-electron chi connectivity index (χ1n) is 6.69. The number of rotatable bonds is 8. The van der Waals surface area contributed by atoms with Gasteiger partial charge in [0.15, 0.2) is 5.82 Å². The molecule has 1 heterocycles. The van der Waals surface area contributed by atoms with Crippen molar-refractivity contribution in [2.24, 2.45) is 0 Å². The summed E-state index contributed by atoms with van der Waals surface area (Å²) in [6.07, 6.45) is 2.09. The molecule has 0 aliphatic carbocycles. The lowest BCUT2D eigenvalue weighted by molar-refractivity contribution is 0.210. The number of anilines is 2. The molecule has 21 heavy (non-hydrogen) atoms. The van der Waals surface area contributed by atoms with Crippen molar-refractivity contribution >= 4 is 11.8 Å². The molecule has 0 amide bonds. The van der Waals surface area contributed by atoms with Crippen molar-refractivity contribution in [3.63, 3.8) is 0 Å². The van der Waals surface area contributed by atoms with Crippen LogP contribution in [0.3, 0.4) is 0 Å². The Morgan fingerprint density at radius 2 is 2.05 bits per heavy atom. The maximum Gasteiger partial charge on any atom is 0.244 e. The van der Waals surface area contributed by atoms with Crippen LogP contribution in [0.15, 0.2) is 30.5 Å². The highest BCUT2D eigenvalue weighted by Crippen LogP contribution is 2.08. The summed E-state index contributed by atoms with van der Waals surface area (Å²) in [5.41, 5.74) is 0.660. The molecule has 0 unspecified atom stereocenters. The maximum absolute atomic E-state index is 13.5. The second-order valence-corrected chi connectivity index (χ2v) is 4.35. The van der Waals surface area contributed by atoms with E-state index in [2.05, 4.69) is 25.8 Å². The summed E-state index contributed by atoms with van der Waals surface area (Å²) >= 11 is 0. The first-order chi connectivity index (χ1) is 10.3. The fourth-order valence-corrected chi connectivity index (χ4v) is 1.75. The molecule has 0 aliphatic rings. The predicted octanol–water partition coefficient (Wildman–Crippen LogP) is 1.72. The van der Waals surface area contributed by atoms with Crippen molar-refractivity contribution in [1.29, 1.82) is 0 Å². The van der Waals surface area contributed by atoms with Gasteiger partial charge in [-0.3, -0.25) is 0 Å². The zero-order valence-corrected chi connectivity index (χ0v) is 11.8. The second-order valence-electron chi connectivity index (χ2n) is 4.35. The van der Waals surface area contributed by atoms with Crippen LogP contribution in [-0.2, 0) is 11.2 Å². The Morgan fingerprint density at radius 1 is 1.19 bits per heavy atom. The number of benzene rings is 1. The minimum atomic E-state index is -0.201. The molecule has 112 valence electrons. The Bertz CT molecular complexity index is 567. The Balaban J connectivity index is 1.83. The summed E-state index contributed by atoms with van der Waals surface area (Å²) in [7, 11) is 1.63. The smallest absolute Gasteiger partial charge is 0.244 e. The molecule has 7 heteroatoms. The first-order valence-corrected chi connectivity index (χ1v) is 6.69. The van der Waals surface area contributed by atoms with Crippen LogP contribution in [0, 0.1) is 5.82 Å². The number of aromatic nitrogens is 3. The minimum Gasteiger partial charge on any atom is -0.383 e. The average molecular weight is 291 g/mol. The van der Waals surface area contributed by atoms with Crippen LogP contribution < -0.4 is 10.6 Å². The zero-order valence-electron chi connectivity index (χ0n) is 11.8. The van der Waals surface area contributed by atoms with Crippen molar-refractivity contribution in [1.82, 2.24) is 15.2 Å². The summed E-state index contributed by atoms with van der Waals surface area (Å²) < 4.78 is 18.4. The molecule has 0 radical (unpaired) electrons. The third kappa shape index (κ3) is 4.96. The number of ether oxygens (including phenoxy) is 1. The highest BCUT2D eigenvalue weighted by molar-refractivity contribution is 5.37. The van der Waals surface area contributed by atoms with Crippen LogP contribution in [0.5, 0.6) is 0 Å². The van der Waals surface area contributed by atoms with E-state index in [-0.39, 0.29) is 5.82 Å². The Morgan fingerprint density at radius 3 is 2.86 bits per heavy atom. The third-order valence-corrected chi connectivity index (χ3v) is 2.81. The van der Waals surface area contributed by atoms with Gasteiger partial charge in [0.05, 0.1) is 12.8 Å². The van der Waals surface area contributed by atoms with E-state index in [1.807, 2.05) is 6.07 Å². The topological polar surface area (TPSA) is 72.0 Å². The highest BCUT2D eigenvalue weighted by atomic mass is 19.1. The van der Waals surface area contributed by atoms with Gasteiger partial charge >= 0.3 is 0 Å². The van der Waals surface area contributed by atoms with Gasteiger partial charge in [0.2, 0.25) is 5.95 Å². The molecule has 0 atom stereocenters. The van der Waals surface area contributed by atoms with Crippen molar-refractivity contribution < 1.29 is 9.13 Å². The number of nitrogens with zero attached hydrogens (tertiary/aromatic N) is 3. The molecule has 1 aromatic carbocycles. The predicted molar refractivity (Wildman–Crippen MR) is 78.8 cm³/mol. The van der Waals surface area contributed by atoms with E-state index < -0.39 is 0 Å². The number of halogens is 1. The van der Waals surface area contributed by atoms with E-state index in [4.69, 9.17) is 4.74 Å². The Hall–Kier alpha value is -2.28. The second kappa shape index (κ2) is 8.11. The largest absolute Gasteiger partial charge is 0.383 e. The standard InChI is InChI=1S/C14H18FN5O/c1-21-9-8-16-13-10-18-20-14(19-13)17-7-6-11-4-2-3-5-12(11)15/h2-5,10H,6-9H2,1H3,(H2,16,17,19,20). The van der Waals surface area contributed by atoms with Crippen LogP contribution in [-0.4, -0.2) is 42.0 Å². The molecule has 2 aromatic rings. The molecule has 0 aliphatic heterocycles. The van der Waals surface area contributed by atoms with E-state index in [9.17, 15) is 4.39 Å². The van der Waals surface area contributed by atoms with Gasteiger partial charge in [0.1, 0.15) is 5.82 Å². The lowest BCUT2D eigenvalue weighted by atomic mass is 10.1. The van der Waals surface area contributed by atoms with Gasteiger partial charge < -0.3 is 15.4 Å². The van der Waals surface area contributed by atoms with E-state index in [1.54, 1.807) is 19.2 Å². The van der Waals surface area contributed by atoms with Gasteiger partial charge in [-0.1, -0.05) is 18.2 Å². The summed E-state index contributed by atoms with van der Waals surface area (Å²) in [6, 6.07) is 6.71. The summed E-state index contributed by atoms with van der Waals surface area (Å²) in [5.74, 6) is 0.831. The molecular weight excluding hydrogens is 273 g/mol. The van der Waals surface area contributed by atoms with Gasteiger partial charge in [0.25, 0.3) is 0 Å². The minimum absolute atomic E-state index is 0.201. The summed E-state index contributed by atoms with van der Waals surface area (Å²) in [4.78, 5) is 4.25. The molecule has 1 aromatic heterocycles. The molecule has 6 nitrogen and oxygen atoms in total. The van der Waals surface area contributed by atoms with Gasteiger partial charge in [-0.25, -0.2) is 4.39 Å². The maximum atomic E-state index is 13.5. The lowest BCUT2D eigenvalue weighted by Gasteiger charge is -2.07. The quantitative estimate of drug-likeness (QED) is 0.722. The highest BCUT2D eigenvalue weighted by Gasteiger charge is 2.02. The fraction of sp³-hybridized carbons (Fsp3) is 0.357. The van der Waals surface area contributed by atoms with Crippen LogP contribution in [0.25, 0.3) is 0 Å². The number of nitrogens with one attached hydrogen (secondary N) is 2. The molecule has 0 bridgehead atoms. The molecule has 2 rings (SSSR count). The molecule has 0 saturated carbocycles. The summed E-state index contributed by atoms with van der Waals surface area (Å²) in [6.45, 7) is 1.76. The van der Waals surface area contributed by atoms with Crippen LogP contribution in [0.2, 0.25) is 0 Å². The molecule has 0 saturated heterocycles. The van der Waals surface area contributed by atoms with Gasteiger partial charge in [-0.15, -0.1) is 5.10 Å². The molecule has 0 spiro atoms. The molecular formula is C14H18FN5O. The normalized spacial score (nSPS) is 10.4. The van der Waals surface area contributed by atoms with Crippen molar-refractivity contribution in [2.45, 2.75) is 6.42 Å². The lowest BCUT2D eigenvalue weighted by Crippen LogP contribution is -2.13. The van der Waals surface area contributed by atoms with E-state index in [0.29, 0.717) is 43.4 Å². The van der Waals surface area contributed by atoms with E-state index >= 15 is 0 Å².